The molecule has 0 aromatic carbocycles. The van der Waals surface area contributed by atoms with E-state index in [-0.39, 0.29) is 5.56 Å². The van der Waals surface area contributed by atoms with Crippen LogP contribution in [0.1, 0.15) is 18.3 Å². The molecular weight excluding hydrogens is 310 g/mol. The number of aryl methyl sites for hydroxylation is 1. The number of nitrogens with zero attached hydrogens (tertiary/aromatic N) is 2. The van der Waals surface area contributed by atoms with Gasteiger partial charge >= 0.3 is 5.97 Å². The summed E-state index contributed by atoms with van der Waals surface area (Å²) in [6.07, 6.45) is 0. The van der Waals surface area contributed by atoms with E-state index in [1.54, 1.807) is 11.3 Å². The van der Waals surface area contributed by atoms with Crippen LogP contribution in [-0.4, -0.2) is 33.8 Å². The van der Waals surface area contributed by atoms with Crippen molar-refractivity contribution in [1.29, 1.82) is 0 Å². The van der Waals surface area contributed by atoms with Gasteiger partial charge in [-0.15, -0.1) is 11.3 Å². The van der Waals surface area contributed by atoms with Gasteiger partial charge < -0.3 is 10.5 Å². The number of ether oxygens (including phenoxy) is 1. The average molecular weight is 327 g/mol. The highest BCUT2D eigenvalue weighted by Crippen LogP contribution is 2.15. The number of thioether (sulfide) groups is 1. The predicted molar refractivity (Wildman–Crippen MR) is 84.8 cm³/mol. The number of aromatic nitrogens is 2. The van der Waals surface area contributed by atoms with Crippen molar-refractivity contribution in [2.45, 2.75) is 25.6 Å². The summed E-state index contributed by atoms with van der Waals surface area (Å²) in [5.41, 5.74) is 7.21. The number of hydrogen-bond acceptors (Lipinski definition) is 7. The van der Waals surface area contributed by atoms with Crippen LogP contribution >= 0.6 is 23.1 Å². The number of rotatable bonds is 6. The second-order valence-corrected chi connectivity index (χ2v) is 6.32. The molecule has 0 radical (unpaired) electrons. The maximum Gasteiger partial charge on any atom is 0.323 e. The fraction of sp³-hybridized carbons (Fsp3) is 0.462. The second kappa shape index (κ2) is 7.06. The Kier molecular flexibility index (Phi) is 5.38. The van der Waals surface area contributed by atoms with Crippen molar-refractivity contribution in [1.82, 2.24) is 9.38 Å². The lowest BCUT2D eigenvalue weighted by Gasteiger charge is -2.09. The smallest absolute Gasteiger partial charge is 0.323 e. The lowest BCUT2D eigenvalue weighted by Crippen LogP contribution is -2.34. The minimum absolute atomic E-state index is 0.0796. The molecule has 0 aliphatic rings. The molecule has 21 heavy (non-hydrogen) atoms. The van der Waals surface area contributed by atoms with Gasteiger partial charge in [0.05, 0.1) is 12.3 Å². The molecule has 2 N–H and O–H groups in total. The van der Waals surface area contributed by atoms with Gasteiger partial charge in [0.25, 0.3) is 5.56 Å². The highest BCUT2D eigenvalue weighted by molar-refractivity contribution is 7.98. The minimum Gasteiger partial charge on any atom is -0.465 e. The molecule has 0 amide bonds. The van der Waals surface area contributed by atoms with Crippen LogP contribution in [0.15, 0.2) is 16.2 Å². The number of carbonyl (C=O) groups is 1. The molecule has 0 saturated heterocycles. The summed E-state index contributed by atoms with van der Waals surface area (Å²) in [5.74, 6) is 0.571. The molecule has 6 nitrogen and oxygen atoms in total. The summed E-state index contributed by atoms with van der Waals surface area (Å²) in [6, 6.07) is 0.874. The van der Waals surface area contributed by atoms with Gasteiger partial charge in [-0.2, -0.15) is 11.8 Å². The third kappa shape index (κ3) is 3.84. The maximum atomic E-state index is 12.0. The van der Waals surface area contributed by atoms with Crippen molar-refractivity contribution < 1.29 is 9.53 Å². The van der Waals surface area contributed by atoms with Gasteiger partial charge in [-0.1, -0.05) is 0 Å². The number of hydrogen-bond donors (Lipinski definition) is 1. The molecule has 2 rings (SSSR count). The first-order valence-electron chi connectivity index (χ1n) is 6.49. The van der Waals surface area contributed by atoms with E-state index in [1.165, 1.54) is 29.2 Å². The van der Waals surface area contributed by atoms with Crippen molar-refractivity contribution >= 4 is 34.0 Å². The molecule has 2 heterocycles. The zero-order valence-electron chi connectivity index (χ0n) is 11.9. The molecule has 0 spiro atoms. The Bertz CT molecular complexity index is 696. The molecule has 1 unspecified atom stereocenters. The summed E-state index contributed by atoms with van der Waals surface area (Å²) < 4.78 is 6.43. The molecule has 2 aromatic heterocycles. The van der Waals surface area contributed by atoms with E-state index < -0.39 is 12.0 Å². The lowest BCUT2D eigenvalue weighted by molar-refractivity contribution is -0.144. The Balaban J connectivity index is 1.98. The van der Waals surface area contributed by atoms with Gasteiger partial charge in [-0.25, -0.2) is 4.98 Å². The van der Waals surface area contributed by atoms with Crippen molar-refractivity contribution in [2.24, 2.45) is 5.73 Å². The standard InChI is InChI=1S/C13H17N3O3S2/c1-3-19-12(18)10(14)7-20-6-9-4-11(17)16-8(2)5-21-13(16)15-9/h4-5,10H,3,6-7,14H2,1-2H3. The van der Waals surface area contributed by atoms with E-state index in [2.05, 4.69) is 4.98 Å². The van der Waals surface area contributed by atoms with Crippen LogP contribution in [0.3, 0.4) is 0 Å². The van der Waals surface area contributed by atoms with Gasteiger partial charge in [0.1, 0.15) is 6.04 Å². The molecular formula is C13H17N3O3S2. The van der Waals surface area contributed by atoms with E-state index in [1.807, 2.05) is 12.3 Å². The largest absolute Gasteiger partial charge is 0.465 e. The van der Waals surface area contributed by atoms with Crippen LogP contribution in [0, 0.1) is 6.92 Å². The van der Waals surface area contributed by atoms with E-state index in [0.29, 0.717) is 28.8 Å². The molecule has 0 aliphatic heterocycles. The summed E-state index contributed by atoms with van der Waals surface area (Å²) in [5, 5.41) is 1.90. The van der Waals surface area contributed by atoms with Gasteiger partial charge in [0.2, 0.25) is 0 Å². The first-order chi connectivity index (χ1) is 10.0. The Morgan fingerprint density at radius 2 is 2.38 bits per heavy atom. The Hall–Kier alpha value is -1.38. The summed E-state index contributed by atoms with van der Waals surface area (Å²) in [7, 11) is 0. The molecule has 2 aromatic rings. The Labute approximate surface area is 130 Å². The lowest BCUT2D eigenvalue weighted by atomic mass is 10.4. The van der Waals surface area contributed by atoms with E-state index in [4.69, 9.17) is 10.5 Å². The van der Waals surface area contributed by atoms with Gasteiger partial charge in [-0.05, 0) is 13.8 Å². The summed E-state index contributed by atoms with van der Waals surface area (Å²) in [4.78, 5) is 28.5. The first kappa shape index (κ1) is 16.0. The number of nitrogens with two attached hydrogens (primary N) is 1. The number of thiazole rings is 1. The maximum absolute atomic E-state index is 12.0. The highest BCUT2D eigenvalue weighted by atomic mass is 32.2. The van der Waals surface area contributed by atoms with Crippen LogP contribution < -0.4 is 11.3 Å². The highest BCUT2D eigenvalue weighted by Gasteiger charge is 2.14. The van der Waals surface area contributed by atoms with Crippen molar-refractivity contribution in [2.75, 3.05) is 12.4 Å². The van der Waals surface area contributed by atoms with Crippen LogP contribution in [0.2, 0.25) is 0 Å². The Morgan fingerprint density at radius 3 is 3.10 bits per heavy atom. The van der Waals surface area contributed by atoms with Crippen molar-refractivity contribution in [3.05, 3.63) is 33.2 Å². The van der Waals surface area contributed by atoms with Gasteiger partial charge in [0, 0.05) is 28.6 Å². The third-order valence-electron chi connectivity index (χ3n) is 2.77. The normalized spacial score (nSPS) is 12.5. The molecule has 0 aliphatic carbocycles. The Morgan fingerprint density at radius 1 is 1.62 bits per heavy atom. The average Bonchev–Trinajstić information content (AvgIpc) is 2.81. The molecule has 114 valence electrons. The quantitative estimate of drug-likeness (QED) is 0.802. The van der Waals surface area contributed by atoms with Crippen LogP contribution in [0.5, 0.6) is 0 Å². The number of esters is 1. The second-order valence-electron chi connectivity index (χ2n) is 4.45. The number of fused-ring (bicyclic) bond motifs is 1. The SMILES string of the molecule is CCOC(=O)C(N)CSCc1cc(=O)n2c(C)csc2n1. The molecule has 0 fully saturated rings. The van der Waals surface area contributed by atoms with Crippen LogP contribution in [0.25, 0.3) is 4.96 Å². The van der Waals surface area contributed by atoms with Crippen molar-refractivity contribution in [3.63, 3.8) is 0 Å². The van der Waals surface area contributed by atoms with E-state index in [9.17, 15) is 9.59 Å². The van der Waals surface area contributed by atoms with E-state index >= 15 is 0 Å². The topological polar surface area (TPSA) is 86.7 Å². The zero-order chi connectivity index (χ0) is 15.4. The molecule has 1 atom stereocenters. The van der Waals surface area contributed by atoms with Gasteiger partial charge in [0.15, 0.2) is 4.96 Å². The van der Waals surface area contributed by atoms with Crippen LogP contribution in [0.4, 0.5) is 0 Å². The fourth-order valence-corrected chi connectivity index (χ4v) is 3.54. The van der Waals surface area contributed by atoms with Crippen molar-refractivity contribution in [3.8, 4) is 0 Å². The summed E-state index contributed by atoms with van der Waals surface area (Å²) >= 11 is 2.90. The third-order valence-corrected chi connectivity index (χ3v) is 4.80. The fourth-order valence-electron chi connectivity index (χ4n) is 1.78. The predicted octanol–water partition coefficient (Wildman–Crippen LogP) is 1.19. The van der Waals surface area contributed by atoms with Crippen LogP contribution in [-0.2, 0) is 15.3 Å². The van der Waals surface area contributed by atoms with E-state index in [0.717, 1.165) is 5.69 Å². The van der Waals surface area contributed by atoms with Gasteiger partial charge in [-0.3, -0.25) is 14.0 Å². The molecule has 8 heteroatoms. The molecule has 0 saturated carbocycles. The minimum atomic E-state index is -0.649. The molecule has 0 bridgehead atoms. The zero-order valence-corrected chi connectivity index (χ0v) is 13.5. The number of carbonyl (C=O) groups excluding carboxylic acids is 1. The monoisotopic (exact) mass is 327 g/mol. The first-order valence-corrected chi connectivity index (χ1v) is 8.53. The summed E-state index contributed by atoms with van der Waals surface area (Å²) in [6.45, 7) is 3.94.